The normalized spacial score (nSPS) is 31.3. The average molecular weight is 216 g/mol. The highest BCUT2D eigenvalue weighted by Crippen LogP contribution is 2.24. The zero-order chi connectivity index (χ0) is 11.3. The maximum atomic E-state index is 11.2. The van der Waals surface area contributed by atoms with E-state index in [0.29, 0.717) is 19.3 Å². The van der Waals surface area contributed by atoms with Crippen LogP contribution in [0.25, 0.3) is 0 Å². The number of hydrogen-bond acceptors (Lipinski definition) is 4. The van der Waals surface area contributed by atoms with Gasteiger partial charge in [-0.15, -0.1) is 0 Å². The van der Waals surface area contributed by atoms with E-state index in [1.807, 2.05) is 6.92 Å². The van der Waals surface area contributed by atoms with Crippen LogP contribution in [0.5, 0.6) is 0 Å². The molecule has 4 heteroatoms. The summed E-state index contributed by atoms with van der Waals surface area (Å²) < 4.78 is 10.4. The second-order valence-corrected chi connectivity index (χ2v) is 4.02. The fourth-order valence-corrected chi connectivity index (χ4v) is 1.86. The van der Waals surface area contributed by atoms with Crippen LogP contribution in [0.3, 0.4) is 0 Å². The number of rotatable bonds is 4. The Bertz CT molecular complexity index is 205. The summed E-state index contributed by atoms with van der Waals surface area (Å²) in [5.41, 5.74) is 0. The predicted octanol–water partition coefficient (Wildman–Crippen LogP) is 1.26. The van der Waals surface area contributed by atoms with Gasteiger partial charge in [0.05, 0.1) is 12.2 Å². The Hall–Kier alpha value is -0.610. The monoisotopic (exact) mass is 216 g/mol. The Morgan fingerprint density at radius 3 is 2.73 bits per heavy atom. The molecule has 4 nitrogen and oxygen atoms in total. The molecule has 1 saturated carbocycles. The number of hydrogen-bond donors (Lipinski definition) is 1. The topological polar surface area (TPSA) is 55.8 Å². The quantitative estimate of drug-likeness (QED) is 0.719. The van der Waals surface area contributed by atoms with Gasteiger partial charge < -0.3 is 14.6 Å². The van der Waals surface area contributed by atoms with Gasteiger partial charge in [0, 0.05) is 20.0 Å². The summed E-state index contributed by atoms with van der Waals surface area (Å²) in [5.74, 6) is -0.211. The number of esters is 1. The highest BCUT2D eigenvalue weighted by molar-refractivity contribution is 5.69. The first kappa shape index (κ1) is 12.5. The molecule has 1 rings (SSSR count). The number of methoxy groups -OCH3 is 1. The fraction of sp³-hybridized carbons (Fsp3) is 0.909. The van der Waals surface area contributed by atoms with Gasteiger partial charge >= 0.3 is 5.97 Å². The largest absolute Gasteiger partial charge is 0.460 e. The zero-order valence-corrected chi connectivity index (χ0v) is 9.44. The van der Waals surface area contributed by atoms with E-state index in [1.165, 1.54) is 0 Å². The van der Waals surface area contributed by atoms with Gasteiger partial charge in [0.15, 0.2) is 0 Å². The SMILES string of the molecule is CCCC(=O)OC1CCC(OC)CC1O. The van der Waals surface area contributed by atoms with Gasteiger partial charge in [-0.25, -0.2) is 0 Å². The van der Waals surface area contributed by atoms with Crippen LogP contribution in [-0.2, 0) is 14.3 Å². The minimum atomic E-state index is -0.579. The van der Waals surface area contributed by atoms with Crippen LogP contribution in [0.4, 0.5) is 0 Å². The highest BCUT2D eigenvalue weighted by atomic mass is 16.6. The lowest BCUT2D eigenvalue weighted by Gasteiger charge is -2.31. The van der Waals surface area contributed by atoms with Crippen LogP contribution in [-0.4, -0.2) is 36.5 Å². The number of ether oxygens (including phenoxy) is 2. The number of carbonyl (C=O) groups excluding carboxylic acids is 1. The molecule has 0 aromatic carbocycles. The number of aliphatic hydroxyl groups is 1. The van der Waals surface area contributed by atoms with E-state index in [1.54, 1.807) is 7.11 Å². The van der Waals surface area contributed by atoms with Crippen LogP contribution >= 0.6 is 0 Å². The molecule has 1 aliphatic carbocycles. The van der Waals surface area contributed by atoms with Crippen molar-refractivity contribution < 1.29 is 19.4 Å². The van der Waals surface area contributed by atoms with E-state index < -0.39 is 6.10 Å². The predicted molar refractivity (Wildman–Crippen MR) is 55.4 cm³/mol. The summed E-state index contributed by atoms with van der Waals surface area (Å²) in [7, 11) is 1.64. The van der Waals surface area contributed by atoms with Gasteiger partial charge in [0.25, 0.3) is 0 Å². The lowest BCUT2D eigenvalue weighted by molar-refractivity contribution is -0.161. The number of aliphatic hydroxyl groups excluding tert-OH is 1. The maximum absolute atomic E-state index is 11.2. The summed E-state index contributed by atoms with van der Waals surface area (Å²) in [6, 6.07) is 0. The Morgan fingerprint density at radius 1 is 1.47 bits per heavy atom. The van der Waals surface area contributed by atoms with Gasteiger partial charge in [-0.1, -0.05) is 6.92 Å². The van der Waals surface area contributed by atoms with E-state index in [0.717, 1.165) is 12.8 Å². The third-order valence-electron chi connectivity index (χ3n) is 2.78. The van der Waals surface area contributed by atoms with Crippen LogP contribution < -0.4 is 0 Å². The Kier molecular flexibility index (Phi) is 5.05. The smallest absolute Gasteiger partial charge is 0.306 e. The fourth-order valence-electron chi connectivity index (χ4n) is 1.86. The molecule has 0 aromatic heterocycles. The summed E-state index contributed by atoms with van der Waals surface area (Å²) in [4.78, 5) is 11.2. The van der Waals surface area contributed by atoms with Gasteiger partial charge in [-0.3, -0.25) is 4.79 Å². The van der Waals surface area contributed by atoms with Gasteiger partial charge in [-0.2, -0.15) is 0 Å². The Morgan fingerprint density at radius 2 is 2.20 bits per heavy atom. The molecule has 0 aliphatic heterocycles. The van der Waals surface area contributed by atoms with Crippen molar-refractivity contribution in [3.63, 3.8) is 0 Å². The van der Waals surface area contributed by atoms with Crippen molar-refractivity contribution in [1.82, 2.24) is 0 Å². The van der Waals surface area contributed by atoms with Gasteiger partial charge in [-0.05, 0) is 19.3 Å². The van der Waals surface area contributed by atoms with Crippen molar-refractivity contribution in [3.05, 3.63) is 0 Å². The van der Waals surface area contributed by atoms with Gasteiger partial charge in [0.1, 0.15) is 6.10 Å². The molecule has 88 valence electrons. The first-order chi connectivity index (χ1) is 7.17. The van der Waals surface area contributed by atoms with Crippen molar-refractivity contribution in [2.45, 2.75) is 57.3 Å². The molecule has 15 heavy (non-hydrogen) atoms. The van der Waals surface area contributed by atoms with Crippen molar-refractivity contribution in [2.75, 3.05) is 7.11 Å². The minimum Gasteiger partial charge on any atom is -0.460 e. The van der Waals surface area contributed by atoms with E-state index in [-0.39, 0.29) is 18.2 Å². The van der Waals surface area contributed by atoms with Crippen molar-refractivity contribution in [3.8, 4) is 0 Å². The molecule has 1 fully saturated rings. The Balaban J connectivity index is 2.34. The zero-order valence-electron chi connectivity index (χ0n) is 9.44. The maximum Gasteiger partial charge on any atom is 0.306 e. The molecule has 1 N–H and O–H groups in total. The summed E-state index contributed by atoms with van der Waals surface area (Å²) in [6.07, 6.45) is 2.48. The van der Waals surface area contributed by atoms with Crippen LogP contribution in [0.1, 0.15) is 39.0 Å². The van der Waals surface area contributed by atoms with Crippen LogP contribution in [0, 0.1) is 0 Å². The molecule has 0 amide bonds. The molecule has 3 unspecified atom stereocenters. The second-order valence-electron chi connectivity index (χ2n) is 4.02. The first-order valence-electron chi connectivity index (χ1n) is 5.57. The molecule has 0 heterocycles. The summed E-state index contributed by atoms with van der Waals surface area (Å²) in [5, 5.41) is 9.73. The molecule has 0 saturated heterocycles. The van der Waals surface area contributed by atoms with E-state index in [9.17, 15) is 9.90 Å². The summed E-state index contributed by atoms with van der Waals surface area (Å²) >= 11 is 0. The molecule has 1 aliphatic rings. The molecule has 0 radical (unpaired) electrons. The van der Waals surface area contributed by atoms with Crippen molar-refractivity contribution in [2.24, 2.45) is 0 Å². The molecular formula is C11H20O4. The third-order valence-corrected chi connectivity index (χ3v) is 2.78. The summed E-state index contributed by atoms with van der Waals surface area (Å²) in [6.45, 7) is 1.93. The average Bonchev–Trinajstić information content (AvgIpc) is 2.21. The highest BCUT2D eigenvalue weighted by Gasteiger charge is 2.31. The van der Waals surface area contributed by atoms with Crippen molar-refractivity contribution >= 4 is 5.97 Å². The minimum absolute atomic E-state index is 0.0983. The molecule has 0 bridgehead atoms. The molecular weight excluding hydrogens is 196 g/mol. The third kappa shape index (κ3) is 3.80. The second kappa shape index (κ2) is 6.08. The van der Waals surface area contributed by atoms with E-state index in [4.69, 9.17) is 9.47 Å². The van der Waals surface area contributed by atoms with E-state index >= 15 is 0 Å². The standard InChI is InChI=1S/C11H20O4/c1-3-4-11(13)15-10-6-5-8(14-2)7-9(10)12/h8-10,12H,3-7H2,1-2H3. The lowest BCUT2D eigenvalue weighted by atomic mass is 9.92. The van der Waals surface area contributed by atoms with Gasteiger partial charge in [0.2, 0.25) is 0 Å². The molecule has 0 spiro atoms. The van der Waals surface area contributed by atoms with Crippen molar-refractivity contribution in [1.29, 1.82) is 0 Å². The number of carbonyl (C=O) groups is 1. The lowest BCUT2D eigenvalue weighted by Crippen LogP contribution is -2.39. The molecule has 0 aromatic rings. The molecule has 3 atom stereocenters. The Labute approximate surface area is 90.6 Å². The first-order valence-corrected chi connectivity index (χ1v) is 5.57. The van der Waals surface area contributed by atoms with E-state index in [2.05, 4.69) is 0 Å². The van der Waals surface area contributed by atoms with Crippen LogP contribution in [0.15, 0.2) is 0 Å². The van der Waals surface area contributed by atoms with Crippen LogP contribution in [0.2, 0.25) is 0 Å².